The molecule has 0 radical (unpaired) electrons. The van der Waals surface area contributed by atoms with Crippen molar-refractivity contribution in [2.24, 2.45) is 0 Å². The Morgan fingerprint density at radius 2 is 0.725 bits per heavy atom. The first kappa shape index (κ1) is 29.1. The monoisotopic (exact) mass is 652 g/mol. The Kier molecular flexibility index (Phi) is 6.65. The van der Waals surface area contributed by atoms with Crippen molar-refractivity contribution in [3.8, 4) is 50.5 Å². The number of nitrogens with zero attached hydrogens (tertiary/aromatic N) is 2. The van der Waals surface area contributed by atoms with Crippen LogP contribution in [0.2, 0.25) is 0 Å². The predicted molar refractivity (Wildman–Crippen MR) is 213 cm³/mol. The van der Waals surface area contributed by atoms with Crippen molar-refractivity contribution in [2.75, 3.05) is 0 Å². The van der Waals surface area contributed by atoms with Crippen LogP contribution in [-0.2, 0) is 0 Å². The molecule has 3 nitrogen and oxygen atoms in total. The third-order valence-electron chi connectivity index (χ3n) is 10.2. The van der Waals surface area contributed by atoms with Gasteiger partial charge in [0.2, 0.25) is 0 Å². The first-order chi connectivity index (χ1) is 25.2. The van der Waals surface area contributed by atoms with Crippen molar-refractivity contribution < 1.29 is 5.11 Å². The summed E-state index contributed by atoms with van der Waals surface area (Å²) in [6.45, 7) is 0. The highest BCUT2D eigenvalue weighted by Gasteiger charge is 2.17. The van der Waals surface area contributed by atoms with E-state index in [1.807, 2.05) is 18.2 Å². The third-order valence-corrected chi connectivity index (χ3v) is 10.2. The fraction of sp³-hybridized carbons (Fsp3) is 0. The Balaban J connectivity index is 1.18. The number of benzene rings is 8. The van der Waals surface area contributed by atoms with Crippen molar-refractivity contribution in [1.82, 2.24) is 9.13 Å². The zero-order valence-corrected chi connectivity index (χ0v) is 27.7. The van der Waals surface area contributed by atoms with Crippen LogP contribution in [0, 0.1) is 0 Å². The molecular formula is C48H32N2O. The SMILES string of the molecule is Oc1ccc2c(c1)c1cc(-c3ccc4c(c3)c3ccccc3n4-c3cc(-c4ccccc4)cc(-c4ccccc4)c3)ccc1n2-c1ccccc1. The van der Waals surface area contributed by atoms with Crippen molar-refractivity contribution >= 4 is 43.6 Å². The standard InChI is InChI=1S/C48H32N2O/c51-40-22-25-48-44(31-40)43-30-35(21-24-47(43)49(48)38-16-8-3-9-17-38)34-20-23-46-42(29-34)41-18-10-11-19-45(41)50(46)39-27-36(32-12-4-1-5-13-32)26-37(28-39)33-14-6-2-7-15-33/h1-31,51H. The highest BCUT2D eigenvalue weighted by Crippen LogP contribution is 2.40. The summed E-state index contributed by atoms with van der Waals surface area (Å²) in [5, 5.41) is 15.1. The second kappa shape index (κ2) is 11.6. The van der Waals surface area contributed by atoms with E-state index in [2.05, 4.69) is 173 Å². The number of phenols is 1. The fourth-order valence-corrected chi connectivity index (χ4v) is 7.81. The van der Waals surface area contributed by atoms with Crippen molar-refractivity contribution in [3.63, 3.8) is 0 Å². The maximum absolute atomic E-state index is 10.5. The Morgan fingerprint density at radius 1 is 0.275 bits per heavy atom. The van der Waals surface area contributed by atoms with Gasteiger partial charge in [-0.3, -0.25) is 0 Å². The molecule has 0 bridgehead atoms. The maximum Gasteiger partial charge on any atom is 0.116 e. The largest absolute Gasteiger partial charge is 0.508 e. The van der Waals surface area contributed by atoms with Crippen LogP contribution in [-0.4, -0.2) is 14.2 Å². The number of para-hydroxylation sites is 2. The lowest BCUT2D eigenvalue weighted by molar-refractivity contribution is 0.476. The van der Waals surface area contributed by atoms with E-state index in [1.165, 1.54) is 38.5 Å². The molecular weight excluding hydrogens is 621 g/mol. The summed E-state index contributed by atoms with van der Waals surface area (Å²) in [4.78, 5) is 0. The average Bonchev–Trinajstić information content (AvgIpc) is 3.70. The number of hydrogen-bond donors (Lipinski definition) is 1. The number of aromatic hydroxyl groups is 1. The molecule has 1 N–H and O–H groups in total. The Hall–Kier alpha value is -6.84. The molecule has 10 rings (SSSR count). The molecule has 0 fully saturated rings. The van der Waals surface area contributed by atoms with Gasteiger partial charge in [0.15, 0.2) is 0 Å². The second-order valence-electron chi connectivity index (χ2n) is 13.2. The van der Waals surface area contributed by atoms with Crippen LogP contribution in [0.4, 0.5) is 0 Å². The van der Waals surface area contributed by atoms with Gasteiger partial charge in [-0.25, -0.2) is 0 Å². The molecule has 0 atom stereocenters. The Morgan fingerprint density at radius 3 is 1.33 bits per heavy atom. The Bertz CT molecular complexity index is 2840. The molecule has 2 heterocycles. The van der Waals surface area contributed by atoms with Gasteiger partial charge in [0, 0.05) is 32.9 Å². The van der Waals surface area contributed by atoms with E-state index in [1.54, 1.807) is 6.07 Å². The van der Waals surface area contributed by atoms with E-state index in [9.17, 15) is 5.11 Å². The van der Waals surface area contributed by atoms with Crippen molar-refractivity contribution in [3.05, 3.63) is 188 Å². The minimum Gasteiger partial charge on any atom is -0.508 e. The minimum atomic E-state index is 0.265. The van der Waals surface area contributed by atoms with Gasteiger partial charge >= 0.3 is 0 Å². The first-order valence-corrected chi connectivity index (χ1v) is 17.3. The summed E-state index contributed by atoms with van der Waals surface area (Å²) in [5.74, 6) is 0.265. The highest BCUT2D eigenvalue weighted by atomic mass is 16.3. The van der Waals surface area contributed by atoms with E-state index in [0.717, 1.165) is 49.8 Å². The molecule has 0 aliphatic rings. The fourth-order valence-electron chi connectivity index (χ4n) is 7.81. The lowest BCUT2D eigenvalue weighted by Gasteiger charge is -2.14. The van der Waals surface area contributed by atoms with E-state index in [0.29, 0.717) is 0 Å². The zero-order valence-electron chi connectivity index (χ0n) is 27.7. The number of aromatic nitrogens is 2. The molecule has 0 spiro atoms. The van der Waals surface area contributed by atoms with E-state index in [4.69, 9.17) is 0 Å². The predicted octanol–water partition coefficient (Wildman–Crippen LogP) is 12.6. The van der Waals surface area contributed by atoms with Gasteiger partial charge < -0.3 is 14.2 Å². The average molecular weight is 653 g/mol. The topological polar surface area (TPSA) is 30.1 Å². The molecule has 2 aromatic heterocycles. The molecule has 0 aliphatic heterocycles. The molecule has 240 valence electrons. The summed E-state index contributed by atoms with van der Waals surface area (Å²) in [5.41, 5.74) is 13.8. The van der Waals surface area contributed by atoms with Gasteiger partial charge in [-0.15, -0.1) is 0 Å². The number of rotatable bonds is 5. The van der Waals surface area contributed by atoms with Gasteiger partial charge in [-0.1, -0.05) is 109 Å². The summed E-state index contributed by atoms with van der Waals surface area (Å²) in [6.07, 6.45) is 0. The molecule has 10 aromatic rings. The van der Waals surface area contributed by atoms with Crippen LogP contribution in [0.25, 0.3) is 88.4 Å². The van der Waals surface area contributed by atoms with Crippen LogP contribution in [0.15, 0.2) is 188 Å². The maximum atomic E-state index is 10.5. The summed E-state index contributed by atoms with van der Waals surface area (Å²) in [6, 6.07) is 66.5. The van der Waals surface area contributed by atoms with E-state index < -0.39 is 0 Å². The minimum absolute atomic E-state index is 0.265. The van der Waals surface area contributed by atoms with Crippen LogP contribution in [0.1, 0.15) is 0 Å². The van der Waals surface area contributed by atoms with Crippen LogP contribution in [0.5, 0.6) is 5.75 Å². The van der Waals surface area contributed by atoms with E-state index >= 15 is 0 Å². The first-order valence-electron chi connectivity index (χ1n) is 17.3. The molecule has 0 saturated heterocycles. The smallest absolute Gasteiger partial charge is 0.116 e. The van der Waals surface area contributed by atoms with Gasteiger partial charge in [0.25, 0.3) is 0 Å². The molecule has 0 aliphatic carbocycles. The third kappa shape index (κ3) is 4.82. The zero-order chi connectivity index (χ0) is 33.9. The summed E-state index contributed by atoms with van der Waals surface area (Å²) < 4.78 is 4.69. The van der Waals surface area contributed by atoms with Crippen LogP contribution < -0.4 is 0 Å². The van der Waals surface area contributed by atoms with Gasteiger partial charge in [0.05, 0.1) is 22.1 Å². The quantitative estimate of drug-likeness (QED) is 0.197. The van der Waals surface area contributed by atoms with Crippen LogP contribution >= 0.6 is 0 Å². The summed E-state index contributed by atoms with van der Waals surface area (Å²) >= 11 is 0. The lowest BCUT2D eigenvalue weighted by atomic mass is 9.98. The van der Waals surface area contributed by atoms with Gasteiger partial charge in [-0.05, 0) is 112 Å². The van der Waals surface area contributed by atoms with E-state index in [-0.39, 0.29) is 5.75 Å². The Labute approximate surface area is 295 Å². The number of fused-ring (bicyclic) bond motifs is 6. The molecule has 51 heavy (non-hydrogen) atoms. The number of phenolic OH excluding ortho intramolecular Hbond substituents is 1. The second-order valence-corrected chi connectivity index (χ2v) is 13.2. The van der Waals surface area contributed by atoms with Crippen molar-refractivity contribution in [2.45, 2.75) is 0 Å². The highest BCUT2D eigenvalue weighted by molar-refractivity contribution is 6.13. The van der Waals surface area contributed by atoms with Crippen LogP contribution in [0.3, 0.4) is 0 Å². The molecule has 0 amide bonds. The number of hydrogen-bond acceptors (Lipinski definition) is 1. The molecule has 0 unspecified atom stereocenters. The lowest BCUT2D eigenvalue weighted by Crippen LogP contribution is -1.96. The van der Waals surface area contributed by atoms with Crippen molar-refractivity contribution in [1.29, 1.82) is 0 Å². The molecule has 8 aromatic carbocycles. The molecule has 3 heteroatoms. The van der Waals surface area contributed by atoms with Gasteiger partial charge in [0.1, 0.15) is 5.75 Å². The normalized spacial score (nSPS) is 11.6. The molecule has 0 saturated carbocycles. The van der Waals surface area contributed by atoms with Gasteiger partial charge in [-0.2, -0.15) is 0 Å². The summed E-state index contributed by atoms with van der Waals surface area (Å²) in [7, 11) is 0.